The van der Waals surface area contributed by atoms with E-state index in [0.717, 1.165) is 11.3 Å². The van der Waals surface area contributed by atoms with Crippen molar-refractivity contribution >= 4 is 27.5 Å². The van der Waals surface area contributed by atoms with Gasteiger partial charge in [-0.3, -0.25) is 9.59 Å². The lowest BCUT2D eigenvalue weighted by molar-refractivity contribution is -0.126. The van der Waals surface area contributed by atoms with E-state index in [4.69, 9.17) is 0 Å². The van der Waals surface area contributed by atoms with Crippen molar-refractivity contribution < 1.29 is 18.0 Å². The number of nitrogens with one attached hydrogen (secondary N) is 1. The predicted molar refractivity (Wildman–Crippen MR) is 103 cm³/mol. The standard InChI is InChI=1S/C19H27N3O4S/c1-13(2)20-19(24)15-6-9-21(10-7-15)27(25,26)17-4-5-18-16(12-17)8-11-22(18)14(3)23/h4-5,12-13,15H,6-11H2,1-3H3,(H,20,24). The molecule has 0 atom stereocenters. The van der Waals surface area contributed by atoms with Crippen LogP contribution in [0.25, 0.3) is 0 Å². The molecule has 0 unspecified atom stereocenters. The molecule has 2 aliphatic rings. The van der Waals surface area contributed by atoms with Crippen LogP contribution in [0.3, 0.4) is 0 Å². The molecule has 0 spiro atoms. The second kappa shape index (κ2) is 7.59. The van der Waals surface area contributed by atoms with Gasteiger partial charge in [0.15, 0.2) is 0 Å². The largest absolute Gasteiger partial charge is 0.354 e. The molecular formula is C19H27N3O4S. The highest BCUT2D eigenvalue weighted by Crippen LogP contribution is 2.32. The van der Waals surface area contributed by atoms with Gasteiger partial charge in [-0.05, 0) is 56.9 Å². The summed E-state index contributed by atoms with van der Waals surface area (Å²) in [5.74, 6) is -0.169. The van der Waals surface area contributed by atoms with Crippen LogP contribution in [0.15, 0.2) is 23.1 Å². The lowest BCUT2D eigenvalue weighted by Gasteiger charge is -2.31. The minimum atomic E-state index is -3.60. The van der Waals surface area contributed by atoms with Crippen molar-refractivity contribution in [1.29, 1.82) is 0 Å². The molecule has 2 aliphatic heterocycles. The number of hydrogen-bond acceptors (Lipinski definition) is 4. The van der Waals surface area contributed by atoms with Crippen molar-refractivity contribution in [2.75, 3.05) is 24.5 Å². The zero-order valence-electron chi connectivity index (χ0n) is 16.1. The monoisotopic (exact) mass is 393 g/mol. The van der Waals surface area contributed by atoms with Crippen LogP contribution in [0.4, 0.5) is 5.69 Å². The molecule has 2 amide bonds. The SMILES string of the molecule is CC(=O)N1CCc2cc(S(=O)(=O)N3CCC(C(=O)NC(C)C)CC3)ccc21. The Hall–Kier alpha value is -1.93. The highest BCUT2D eigenvalue weighted by molar-refractivity contribution is 7.89. The van der Waals surface area contributed by atoms with E-state index in [1.54, 1.807) is 23.1 Å². The van der Waals surface area contributed by atoms with Gasteiger partial charge in [-0.2, -0.15) is 4.31 Å². The maximum absolute atomic E-state index is 13.0. The second-order valence-corrected chi connectivity index (χ2v) is 9.49. The number of amides is 2. The van der Waals surface area contributed by atoms with Gasteiger partial charge in [-0.25, -0.2) is 8.42 Å². The van der Waals surface area contributed by atoms with Gasteiger partial charge in [0.25, 0.3) is 0 Å². The van der Waals surface area contributed by atoms with Gasteiger partial charge < -0.3 is 10.2 Å². The quantitative estimate of drug-likeness (QED) is 0.840. The van der Waals surface area contributed by atoms with E-state index < -0.39 is 10.0 Å². The lowest BCUT2D eigenvalue weighted by Crippen LogP contribution is -2.44. The van der Waals surface area contributed by atoms with Crippen molar-refractivity contribution in [3.8, 4) is 0 Å². The molecule has 1 N–H and O–H groups in total. The number of fused-ring (bicyclic) bond motifs is 1. The van der Waals surface area contributed by atoms with E-state index in [1.807, 2.05) is 13.8 Å². The summed E-state index contributed by atoms with van der Waals surface area (Å²) in [6, 6.07) is 5.07. The van der Waals surface area contributed by atoms with E-state index >= 15 is 0 Å². The molecule has 1 aromatic carbocycles. The first kappa shape index (κ1) is 19.8. The Morgan fingerprint density at radius 1 is 1.15 bits per heavy atom. The Kier molecular flexibility index (Phi) is 5.58. The molecule has 148 valence electrons. The molecule has 0 aromatic heterocycles. The number of carbonyl (C=O) groups is 2. The summed E-state index contributed by atoms with van der Waals surface area (Å²) >= 11 is 0. The van der Waals surface area contributed by atoms with Crippen LogP contribution in [0.1, 0.15) is 39.2 Å². The first-order valence-corrected chi connectivity index (χ1v) is 10.9. The zero-order valence-corrected chi connectivity index (χ0v) is 16.9. The highest BCUT2D eigenvalue weighted by atomic mass is 32.2. The summed E-state index contributed by atoms with van der Waals surface area (Å²) in [5.41, 5.74) is 1.68. The zero-order chi connectivity index (χ0) is 19.8. The summed E-state index contributed by atoms with van der Waals surface area (Å²) in [4.78, 5) is 25.7. The van der Waals surface area contributed by atoms with E-state index in [0.29, 0.717) is 38.9 Å². The molecule has 8 heteroatoms. The number of carbonyl (C=O) groups excluding carboxylic acids is 2. The van der Waals surface area contributed by atoms with Gasteiger partial charge in [0.05, 0.1) is 4.90 Å². The van der Waals surface area contributed by atoms with Crippen LogP contribution in [0, 0.1) is 5.92 Å². The average Bonchev–Trinajstić information content (AvgIpc) is 3.04. The Balaban J connectivity index is 1.71. The molecule has 3 rings (SSSR count). The fourth-order valence-corrected chi connectivity index (χ4v) is 5.30. The van der Waals surface area contributed by atoms with Crippen LogP contribution in [0.5, 0.6) is 0 Å². The fraction of sp³-hybridized carbons (Fsp3) is 0.579. The number of rotatable bonds is 4. The van der Waals surface area contributed by atoms with Crippen LogP contribution in [0.2, 0.25) is 0 Å². The van der Waals surface area contributed by atoms with E-state index in [9.17, 15) is 18.0 Å². The third-order valence-corrected chi connectivity index (χ3v) is 7.11. The van der Waals surface area contributed by atoms with Crippen molar-refractivity contribution in [3.63, 3.8) is 0 Å². The summed E-state index contributed by atoms with van der Waals surface area (Å²) < 4.78 is 27.5. The maximum atomic E-state index is 13.0. The minimum Gasteiger partial charge on any atom is -0.354 e. The van der Waals surface area contributed by atoms with E-state index in [-0.39, 0.29) is 28.7 Å². The minimum absolute atomic E-state index is 0.00361. The van der Waals surface area contributed by atoms with Crippen LogP contribution in [-0.4, -0.2) is 50.2 Å². The normalized spacial score (nSPS) is 18.6. The first-order chi connectivity index (χ1) is 12.7. The van der Waals surface area contributed by atoms with Gasteiger partial charge in [0.2, 0.25) is 21.8 Å². The smallest absolute Gasteiger partial charge is 0.243 e. The lowest BCUT2D eigenvalue weighted by atomic mass is 9.97. The average molecular weight is 394 g/mol. The van der Waals surface area contributed by atoms with Crippen molar-refractivity contribution in [2.24, 2.45) is 5.92 Å². The Morgan fingerprint density at radius 3 is 2.41 bits per heavy atom. The van der Waals surface area contributed by atoms with Crippen LogP contribution in [-0.2, 0) is 26.0 Å². The molecule has 27 heavy (non-hydrogen) atoms. The highest BCUT2D eigenvalue weighted by Gasteiger charge is 2.33. The Bertz CT molecular complexity index is 843. The molecule has 1 aromatic rings. The molecular weight excluding hydrogens is 366 g/mol. The molecule has 7 nitrogen and oxygen atoms in total. The summed E-state index contributed by atoms with van der Waals surface area (Å²) in [6.07, 6.45) is 1.72. The van der Waals surface area contributed by atoms with Gasteiger partial charge in [-0.1, -0.05) is 0 Å². The van der Waals surface area contributed by atoms with Gasteiger partial charge in [0.1, 0.15) is 0 Å². The Labute approximate surface area is 160 Å². The third-order valence-electron chi connectivity index (χ3n) is 5.22. The molecule has 0 radical (unpaired) electrons. The number of piperidine rings is 1. The summed E-state index contributed by atoms with van der Waals surface area (Å²) in [5, 5.41) is 2.90. The first-order valence-electron chi connectivity index (χ1n) is 9.41. The predicted octanol–water partition coefficient (Wildman–Crippen LogP) is 1.52. The maximum Gasteiger partial charge on any atom is 0.243 e. The number of anilines is 1. The number of benzene rings is 1. The topological polar surface area (TPSA) is 86.8 Å². The van der Waals surface area contributed by atoms with E-state index in [1.165, 1.54) is 11.2 Å². The van der Waals surface area contributed by atoms with Gasteiger partial charge in [-0.15, -0.1) is 0 Å². The third kappa shape index (κ3) is 4.01. The Morgan fingerprint density at radius 2 is 1.81 bits per heavy atom. The van der Waals surface area contributed by atoms with Crippen molar-refractivity contribution in [3.05, 3.63) is 23.8 Å². The van der Waals surface area contributed by atoms with Crippen molar-refractivity contribution in [2.45, 2.75) is 51.0 Å². The molecule has 1 fully saturated rings. The van der Waals surface area contributed by atoms with E-state index in [2.05, 4.69) is 5.32 Å². The number of nitrogens with zero attached hydrogens (tertiary/aromatic N) is 2. The second-order valence-electron chi connectivity index (χ2n) is 7.55. The fourth-order valence-electron chi connectivity index (χ4n) is 3.78. The molecule has 0 aliphatic carbocycles. The van der Waals surface area contributed by atoms with Gasteiger partial charge in [0, 0.05) is 44.2 Å². The molecule has 0 saturated carbocycles. The van der Waals surface area contributed by atoms with Crippen LogP contribution >= 0.6 is 0 Å². The molecule has 2 heterocycles. The summed E-state index contributed by atoms with van der Waals surface area (Å²) in [7, 11) is -3.60. The molecule has 1 saturated heterocycles. The van der Waals surface area contributed by atoms with Gasteiger partial charge >= 0.3 is 0 Å². The molecule has 0 bridgehead atoms. The number of sulfonamides is 1. The van der Waals surface area contributed by atoms with Crippen LogP contribution < -0.4 is 10.2 Å². The number of hydrogen-bond donors (Lipinski definition) is 1. The summed E-state index contributed by atoms with van der Waals surface area (Å²) in [6.45, 7) is 6.62. The van der Waals surface area contributed by atoms with Crippen molar-refractivity contribution in [1.82, 2.24) is 9.62 Å².